The predicted octanol–water partition coefficient (Wildman–Crippen LogP) is 2.97. The predicted molar refractivity (Wildman–Crippen MR) is 124 cm³/mol. The number of nitrogens with zero attached hydrogens (tertiary/aromatic N) is 2. The van der Waals surface area contributed by atoms with E-state index < -0.39 is 10.8 Å². The summed E-state index contributed by atoms with van der Waals surface area (Å²) in [4.78, 5) is 7.42. The minimum absolute atomic E-state index is 0. The highest BCUT2D eigenvalue weighted by Crippen LogP contribution is 2.23. The lowest BCUT2D eigenvalue weighted by molar-refractivity contribution is 0.186. The third kappa shape index (κ3) is 8.00. The highest BCUT2D eigenvalue weighted by molar-refractivity contribution is 14.0. The quantitative estimate of drug-likeness (QED) is 0.322. The Kier molecular flexibility index (Phi) is 12.4. The molecule has 0 aromatic heterocycles. The molecule has 5 nitrogen and oxygen atoms in total. The van der Waals surface area contributed by atoms with Crippen LogP contribution in [0.25, 0.3) is 0 Å². The fraction of sp³-hybridized carbons (Fsp3) is 0.947. The Balaban J connectivity index is 0.00000338. The number of halogens is 1. The number of hydrogen-bond acceptors (Lipinski definition) is 3. The second-order valence-corrected chi connectivity index (χ2v) is 9.43. The first-order chi connectivity index (χ1) is 12.2. The SMILES string of the molecule is CCNC(=NCC1CCCN(CC)C1)NC1CCCC(S(=O)CC)C1.I. The Labute approximate surface area is 180 Å². The molecular weight excluding hydrogens is 459 g/mol. The van der Waals surface area contributed by atoms with E-state index in [1.54, 1.807) is 0 Å². The Morgan fingerprint density at radius 2 is 2.00 bits per heavy atom. The largest absolute Gasteiger partial charge is 0.357 e. The number of likely N-dealkylation sites (tertiary alicyclic amines) is 1. The maximum absolute atomic E-state index is 12.1. The van der Waals surface area contributed by atoms with Crippen LogP contribution in [-0.2, 0) is 10.8 Å². The molecule has 7 heteroatoms. The lowest BCUT2D eigenvalue weighted by Crippen LogP contribution is -2.47. The van der Waals surface area contributed by atoms with Crippen molar-refractivity contribution in [3.05, 3.63) is 0 Å². The molecule has 0 spiro atoms. The molecule has 26 heavy (non-hydrogen) atoms. The number of piperidine rings is 1. The van der Waals surface area contributed by atoms with Crippen molar-refractivity contribution in [2.24, 2.45) is 10.9 Å². The van der Waals surface area contributed by atoms with E-state index in [9.17, 15) is 4.21 Å². The van der Waals surface area contributed by atoms with Gasteiger partial charge in [-0.3, -0.25) is 9.20 Å². The molecule has 2 N–H and O–H groups in total. The van der Waals surface area contributed by atoms with Gasteiger partial charge in [-0.15, -0.1) is 24.0 Å². The molecule has 1 aliphatic carbocycles. The van der Waals surface area contributed by atoms with Crippen molar-refractivity contribution in [2.45, 2.75) is 70.6 Å². The minimum atomic E-state index is -0.671. The summed E-state index contributed by atoms with van der Waals surface area (Å²) in [5.41, 5.74) is 0. The van der Waals surface area contributed by atoms with Crippen LogP contribution >= 0.6 is 24.0 Å². The van der Waals surface area contributed by atoms with Crippen LogP contribution in [0.4, 0.5) is 0 Å². The monoisotopic (exact) mass is 498 g/mol. The normalized spacial score (nSPS) is 28.9. The van der Waals surface area contributed by atoms with Gasteiger partial charge in [0.25, 0.3) is 0 Å². The Hall–Kier alpha value is 0.110. The highest BCUT2D eigenvalue weighted by atomic mass is 127. The van der Waals surface area contributed by atoms with E-state index in [1.165, 1.54) is 32.4 Å². The van der Waals surface area contributed by atoms with Crippen molar-refractivity contribution in [3.63, 3.8) is 0 Å². The fourth-order valence-electron chi connectivity index (χ4n) is 4.07. The van der Waals surface area contributed by atoms with Gasteiger partial charge in [0.15, 0.2) is 5.96 Å². The minimum Gasteiger partial charge on any atom is -0.357 e. The van der Waals surface area contributed by atoms with Crippen molar-refractivity contribution in [3.8, 4) is 0 Å². The molecule has 2 rings (SSSR count). The van der Waals surface area contributed by atoms with Crippen molar-refractivity contribution >= 4 is 40.7 Å². The van der Waals surface area contributed by atoms with E-state index in [1.807, 2.05) is 6.92 Å². The van der Waals surface area contributed by atoms with Crippen molar-refractivity contribution in [1.82, 2.24) is 15.5 Å². The standard InChI is InChI=1S/C19H38N4OS.HI/c1-4-20-19(21-14-16-9-8-12-23(5-2)15-16)22-17-10-7-11-18(13-17)25(24)6-3;/h16-18H,4-15H2,1-3H3,(H2,20,21,22);1H. The zero-order valence-corrected chi connectivity index (χ0v) is 20.0. The maximum atomic E-state index is 12.1. The van der Waals surface area contributed by atoms with Gasteiger partial charge < -0.3 is 15.5 Å². The molecule has 154 valence electrons. The molecule has 1 saturated heterocycles. The van der Waals surface area contributed by atoms with Crippen LogP contribution in [0.15, 0.2) is 4.99 Å². The molecule has 0 amide bonds. The molecule has 4 atom stereocenters. The third-order valence-electron chi connectivity index (χ3n) is 5.53. The zero-order valence-electron chi connectivity index (χ0n) is 16.8. The van der Waals surface area contributed by atoms with Gasteiger partial charge in [0, 0.05) is 47.5 Å². The molecule has 0 aromatic carbocycles. The maximum Gasteiger partial charge on any atom is 0.191 e. The Morgan fingerprint density at radius 3 is 2.69 bits per heavy atom. The summed E-state index contributed by atoms with van der Waals surface area (Å²) in [7, 11) is -0.671. The third-order valence-corrected chi connectivity index (χ3v) is 7.27. The zero-order chi connectivity index (χ0) is 18.1. The molecule has 0 bridgehead atoms. The molecule has 2 fully saturated rings. The molecule has 4 unspecified atom stereocenters. The van der Waals surface area contributed by atoms with Gasteiger partial charge >= 0.3 is 0 Å². The van der Waals surface area contributed by atoms with Gasteiger partial charge in [-0.2, -0.15) is 0 Å². The van der Waals surface area contributed by atoms with E-state index in [0.717, 1.165) is 50.6 Å². The molecule has 0 aromatic rings. The summed E-state index contributed by atoms with van der Waals surface area (Å²) < 4.78 is 12.1. The molecule has 1 saturated carbocycles. The van der Waals surface area contributed by atoms with Gasteiger partial charge in [-0.1, -0.05) is 20.3 Å². The molecular formula is C19H39IN4OS. The van der Waals surface area contributed by atoms with Crippen molar-refractivity contribution < 1.29 is 4.21 Å². The number of hydrogen-bond donors (Lipinski definition) is 2. The van der Waals surface area contributed by atoms with Gasteiger partial charge in [0.1, 0.15) is 0 Å². The first-order valence-electron chi connectivity index (χ1n) is 10.3. The molecule has 1 aliphatic heterocycles. The lowest BCUT2D eigenvalue weighted by atomic mass is 9.95. The number of guanidine groups is 1. The molecule has 2 aliphatic rings. The summed E-state index contributed by atoms with van der Waals surface area (Å²) in [6.45, 7) is 11.8. The van der Waals surface area contributed by atoms with Crippen LogP contribution in [0, 0.1) is 5.92 Å². The van der Waals surface area contributed by atoms with Gasteiger partial charge in [-0.25, -0.2) is 0 Å². The Bertz CT molecular complexity index is 449. The van der Waals surface area contributed by atoms with Crippen LogP contribution in [0.5, 0.6) is 0 Å². The van der Waals surface area contributed by atoms with Crippen LogP contribution in [0.1, 0.15) is 59.3 Å². The highest BCUT2D eigenvalue weighted by Gasteiger charge is 2.26. The summed E-state index contributed by atoms with van der Waals surface area (Å²) in [5, 5.41) is 7.38. The lowest BCUT2D eigenvalue weighted by Gasteiger charge is -2.32. The number of rotatable bonds is 7. The van der Waals surface area contributed by atoms with Gasteiger partial charge in [-0.05, 0) is 58.0 Å². The Morgan fingerprint density at radius 1 is 1.19 bits per heavy atom. The number of nitrogens with one attached hydrogen (secondary N) is 2. The van der Waals surface area contributed by atoms with E-state index in [4.69, 9.17) is 4.99 Å². The van der Waals surface area contributed by atoms with Crippen LogP contribution in [-0.4, -0.2) is 64.8 Å². The van der Waals surface area contributed by atoms with E-state index in [-0.39, 0.29) is 24.0 Å². The summed E-state index contributed by atoms with van der Waals surface area (Å²) in [6, 6.07) is 0.408. The fourth-order valence-corrected chi connectivity index (χ4v) is 5.42. The first-order valence-corrected chi connectivity index (χ1v) is 11.7. The van der Waals surface area contributed by atoms with E-state index >= 15 is 0 Å². The number of aliphatic imine (C=N–C) groups is 1. The molecule has 0 radical (unpaired) electrons. The van der Waals surface area contributed by atoms with Crippen molar-refractivity contribution in [1.29, 1.82) is 0 Å². The average molecular weight is 499 g/mol. The summed E-state index contributed by atoms with van der Waals surface area (Å²) >= 11 is 0. The second kappa shape index (κ2) is 13.3. The topological polar surface area (TPSA) is 56.7 Å². The smallest absolute Gasteiger partial charge is 0.191 e. The van der Waals surface area contributed by atoms with Crippen LogP contribution < -0.4 is 10.6 Å². The molecule has 1 heterocycles. The van der Waals surface area contributed by atoms with Gasteiger partial charge in [0.2, 0.25) is 0 Å². The first kappa shape index (κ1) is 24.1. The van der Waals surface area contributed by atoms with Crippen LogP contribution in [0.2, 0.25) is 0 Å². The van der Waals surface area contributed by atoms with Crippen molar-refractivity contribution in [2.75, 3.05) is 38.5 Å². The van der Waals surface area contributed by atoms with E-state index in [2.05, 4.69) is 29.4 Å². The van der Waals surface area contributed by atoms with Crippen LogP contribution in [0.3, 0.4) is 0 Å². The second-order valence-electron chi connectivity index (χ2n) is 7.42. The van der Waals surface area contributed by atoms with Gasteiger partial charge in [0.05, 0.1) is 0 Å². The summed E-state index contributed by atoms with van der Waals surface area (Å²) in [6.07, 6.45) is 7.04. The summed E-state index contributed by atoms with van der Waals surface area (Å²) in [5.74, 6) is 2.40. The van der Waals surface area contributed by atoms with E-state index in [0.29, 0.717) is 17.2 Å². The average Bonchev–Trinajstić information content (AvgIpc) is 2.66.